The zero-order valence-corrected chi connectivity index (χ0v) is 10.4. The second-order valence-corrected chi connectivity index (χ2v) is 3.79. The third-order valence-electron chi connectivity index (χ3n) is 1.87. The van der Waals surface area contributed by atoms with E-state index >= 15 is 0 Å². The van der Waals surface area contributed by atoms with Crippen molar-refractivity contribution < 1.29 is 9.53 Å². The molecule has 15 heavy (non-hydrogen) atoms. The lowest BCUT2D eigenvalue weighted by molar-refractivity contribution is -0.131. The normalized spacial score (nSPS) is 10.6. The summed E-state index contributed by atoms with van der Waals surface area (Å²) < 4.78 is 5.17. The molecule has 0 bridgehead atoms. The molecule has 1 aromatic carbocycles. The Morgan fingerprint density at radius 3 is 2.87 bits per heavy atom. The number of hydrogen-bond donors (Lipinski definition) is 0. The molecule has 0 spiro atoms. The molecule has 0 unspecified atom stereocenters. The molecular formula is C12H13BrO2. The van der Waals surface area contributed by atoms with E-state index in [4.69, 9.17) is 4.74 Å². The molecule has 3 heteroatoms. The molecule has 2 nitrogen and oxygen atoms in total. The van der Waals surface area contributed by atoms with Gasteiger partial charge < -0.3 is 4.74 Å². The van der Waals surface area contributed by atoms with Crippen molar-refractivity contribution in [1.29, 1.82) is 0 Å². The van der Waals surface area contributed by atoms with Crippen LogP contribution in [0.2, 0.25) is 0 Å². The van der Waals surface area contributed by atoms with Gasteiger partial charge in [-0.1, -0.05) is 46.3 Å². The standard InChI is InChI=1S/C12H13BrO2/c1-9-5-3-6-11(7-4-8-13)12(9)15-10(2)14/h3-7H,8H2,1-2H3/b7-4+. The van der Waals surface area contributed by atoms with Gasteiger partial charge in [0.15, 0.2) is 0 Å². The van der Waals surface area contributed by atoms with E-state index in [-0.39, 0.29) is 5.97 Å². The summed E-state index contributed by atoms with van der Waals surface area (Å²) in [7, 11) is 0. The molecule has 0 aromatic heterocycles. The molecule has 0 N–H and O–H groups in total. The quantitative estimate of drug-likeness (QED) is 0.478. The number of rotatable bonds is 3. The largest absolute Gasteiger partial charge is 0.426 e. The van der Waals surface area contributed by atoms with Crippen LogP contribution in [-0.4, -0.2) is 11.3 Å². The molecule has 1 aromatic rings. The van der Waals surface area contributed by atoms with E-state index in [1.54, 1.807) is 0 Å². The van der Waals surface area contributed by atoms with E-state index in [1.165, 1.54) is 6.92 Å². The molecule has 0 aliphatic heterocycles. The van der Waals surface area contributed by atoms with Gasteiger partial charge in [-0.25, -0.2) is 0 Å². The number of ether oxygens (including phenoxy) is 1. The molecule has 0 saturated heterocycles. The van der Waals surface area contributed by atoms with Crippen molar-refractivity contribution in [3.05, 3.63) is 35.4 Å². The Morgan fingerprint density at radius 1 is 1.53 bits per heavy atom. The van der Waals surface area contributed by atoms with Gasteiger partial charge in [0.25, 0.3) is 0 Å². The highest BCUT2D eigenvalue weighted by atomic mass is 79.9. The summed E-state index contributed by atoms with van der Waals surface area (Å²) in [6, 6.07) is 5.78. The fourth-order valence-electron chi connectivity index (χ4n) is 1.26. The summed E-state index contributed by atoms with van der Waals surface area (Å²) in [5.74, 6) is 0.347. The zero-order valence-electron chi connectivity index (χ0n) is 8.79. The lowest BCUT2D eigenvalue weighted by atomic mass is 10.1. The third kappa shape index (κ3) is 3.51. The predicted octanol–water partition coefficient (Wildman–Crippen LogP) is 3.33. The number of esters is 1. The topological polar surface area (TPSA) is 26.3 Å². The number of carbonyl (C=O) groups excluding carboxylic acids is 1. The van der Waals surface area contributed by atoms with Crippen LogP contribution in [0.15, 0.2) is 24.3 Å². The van der Waals surface area contributed by atoms with Crippen LogP contribution in [0, 0.1) is 6.92 Å². The van der Waals surface area contributed by atoms with Gasteiger partial charge in [0.05, 0.1) is 0 Å². The third-order valence-corrected chi connectivity index (χ3v) is 2.25. The SMILES string of the molecule is CC(=O)Oc1c(C)cccc1/C=C/CBr. The first-order chi connectivity index (χ1) is 7.15. The second-order valence-electron chi connectivity index (χ2n) is 3.14. The fourth-order valence-corrected chi connectivity index (χ4v) is 1.45. The Balaban J connectivity index is 3.08. The van der Waals surface area contributed by atoms with Crippen LogP contribution in [0.25, 0.3) is 6.08 Å². The summed E-state index contributed by atoms with van der Waals surface area (Å²) >= 11 is 3.31. The fraction of sp³-hybridized carbons (Fsp3) is 0.250. The molecule has 0 fully saturated rings. The number of para-hydroxylation sites is 1. The number of alkyl halides is 1. The lowest BCUT2D eigenvalue weighted by Gasteiger charge is -2.08. The first kappa shape index (κ1) is 12.0. The second kappa shape index (κ2) is 5.71. The van der Waals surface area contributed by atoms with Crippen LogP contribution in [-0.2, 0) is 4.79 Å². The van der Waals surface area contributed by atoms with Crippen LogP contribution < -0.4 is 4.74 Å². The highest BCUT2D eigenvalue weighted by Gasteiger charge is 2.06. The van der Waals surface area contributed by atoms with Gasteiger partial charge in [0.1, 0.15) is 5.75 Å². The maximum absolute atomic E-state index is 10.9. The van der Waals surface area contributed by atoms with Gasteiger partial charge >= 0.3 is 5.97 Å². The van der Waals surface area contributed by atoms with Crippen LogP contribution in [0.4, 0.5) is 0 Å². The van der Waals surface area contributed by atoms with Crippen molar-refractivity contribution >= 4 is 28.0 Å². The van der Waals surface area contributed by atoms with Gasteiger partial charge in [-0.3, -0.25) is 4.79 Å². The van der Waals surface area contributed by atoms with Crippen LogP contribution in [0.5, 0.6) is 5.75 Å². The highest BCUT2D eigenvalue weighted by Crippen LogP contribution is 2.24. The van der Waals surface area contributed by atoms with Gasteiger partial charge in [0.2, 0.25) is 0 Å². The summed E-state index contributed by atoms with van der Waals surface area (Å²) in [5.41, 5.74) is 1.88. The van der Waals surface area contributed by atoms with Gasteiger partial charge in [-0.2, -0.15) is 0 Å². The molecule has 80 valence electrons. The van der Waals surface area contributed by atoms with E-state index in [2.05, 4.69) is 15.9 Å². The summed E-state index contributed by atoms with van der Waals surface area (Å²) in [5, 5.41) is 0.778. The van der Waals surface area contributed by atoms with Gasteiger partial charge in [-0.15, -0.1) is 0 Å². The molecule has 0 amide bonds. The Morgan fingerprint density at radius 2 is 2.27 bits per heavy atom. The summed E-state index contributed by atoms with van der Waals surface area (Å²) in [6.45, 7) is 3.33. The van der Waals surface area contributed by atoms with Crippen molar-refractivity contribution in [3.63, 3.8) is 0 Å². The Hall–Kier alpha value is -1.09. The zero-order chi connectivity index (χ0) is 11.3. The minimum Gasteiger partial charge on any atom is -0.426 e. The monoisotopic (exact) mass is 268 g/mol. The summed E-state index contributed by atoms with van der Waals surface area (Å²) in [6.07, 6.45) is 3.89. The minimum absolute atomic E-state index is 0.294. The Kier molecular flexibility index (Phi) is 4.56. The van der Waals surface area contributed by atoms with Crippen molar-refractivity contribution in [1.82, 2.24) is 0 Å². The van der Waals surface area contributed by atoms with E-state index in [0.717, 1.165) is 16.5 Å². The minimum atomic E-state index is -0.294. The number of aryl methyl sites for hydroxylation is 1. The predicted molar refractivity (Wildman–Crippen MR) is 65.3 cm³/mol. The van der Waals surface area contributed by atoms with E-state index < -0.39 is 0 Å². The Labute approximate surface area is 98.1 Å². The highest BCUT2D eigenvalue weighted by molar-refractivity contribution is 9.09. The van der Waals surface area contributed by atoms with E-state index in [0.29, 0.717) is 5.75 Å². The number of carbonyl (C=O) groups is 1. The average Bonchev–Trinajstić information content (AvgIpc) is 2.18. The van der Waals surface area contributed by atoms with Gasteiger partial charge in [-0.05, 0) is 12.5 Å². The van der Waals surface area contributed by atoms with Crippen molar-refractivity contribution in [3.8, 4) is 5.75 Å². The first-order valence-electron chi connectivity index (χ1n) is 4.65. The van der Waals surface area contributed by atoms with Crippen LogP contribution in [0.3, 0.4) is 0 Å². The molecule has 0 aliphatic carbocycles. The maximum Gasteiger partial charge on any atom is 0.308 e. The molecule has 0 radical (unpaired) electrons. The van der Waals surface area contributed by atoms with Crippen molar-refractivity contribution in [2.45, 2.75) is 13.8 Å². The number of allylic oxidation sites excluding steroid dienone is 1. The molecule has 0 atom stereocenters. The smallest absolute Gasteiger partial charge is 0.308 e. The average molecular weight is 269 g/mol. The van der Waals surface area contributed by atoms with E-state index in [1.807, 2.05) is 37.3 Å². The summed E-state index contributed by atoms with van der Waals surface area (Å²) in [4.78, 5) is 10.9. The molecular weight excluding hydrogens is 256 g/mol. The molecule has 1 rings (SSSR count). The first-order valence-corrected chi connectivity index (χ1v) is 5.78. The number of hydrogen-bond acceptors (Lipinski definition) is 2. The molecule has 0 heterocycles. The van der Waals surface area contributed by atoms with Crippen molar-refractivity contribution in [2.75, 3.05) is 5.33 Å². The number of benzene rings is 1. The van der Waals surface area contributed by atoms with Gasteiger partial charge in [0, 0.05) is 17.8 Å². The van der Waals surface area contributed by atoms with Crippen molar-refractivity contribution in [2.24, 2.45) is 0 Å². The Bertz CT molecular complexity index is 383. The van der Waals surface area contributed by atoms with E-state index in [9.17, 15) is 4.79 Å². The lowest BCUT2D eigenvalue weighted by Crippen LogP contribution is -2.04. The molecule has 0 saturated carbocycles. The van der Waals surface area contributed by atoms with Crippen LogP contribution in [0.1, 0.15) is 18.1 Å². The molecule has 0 aliphatic rings. The number of halogens is 1. The maximum atomic E-state index is 10.9. The van der Waals surface area contributed by atoms with Crippen LogP contribution >= 0.6 is 15.9 Å².